The highest BCUT2D eigenvalue weighted by Crippen LogP contribution is 2.34. The van der Waals surface area contributed by atoms with Crippen LogP contribution in [0.15, 0.2) is 35.3 Å². The van der Waals surface area contributed by atoms with Crippen molar-refractivity contribution in [3.8, 4) is 11.5 Å². The van der Waals surface area contributed by atoms with Crippen molar-refractivity contribution in [2.45, 2.75) is 6.92 Å². The summed E-state index contributed by atoms with van der Waals surface area (Å²) in [5.41, 5.74) is 1.28. The van der Waals surface area contributed by atoms with Gasteiger partial charge >= 0.3 is 0 Å². The number of nitrogens with zero attached hydrogens (tertiary/aromatic N) is 1. The van der Waals surface area contributed by atoms with Crippen LogP contribution >= 0.6 is 23.2 Å². The molecule has 2 aromatic rings. The summed E-state index contributed by atoms with van der Waals surface area (Å²) < 4.78 is 5.10. The van der Waals surface area contributed by atoms with Gasteiger partial charge in [-0.05, 0) is 30.3 Å². The molecule has 0 aliphatic rings. The first-order valence-corrected chi connectivity index (χ1v) is 7.34. The minimum Gasteiger partial charge on any atom is -0.507 e. The van der Waals surface area contributed by atoms with E-state index in [2.05, 4.69) is 10.3 Å². The number of phenolic OH excluding ortho intramolecular Hbond substituents is 1. The zero-order valence-corrected chi connectivity index (χ0v) is 13.9. The Kier molecular flexibility index (Phi) is 5.47. The quantitative estimate of drug-likeness (QED) is 0.800. The van der Waals surface area contributed by atoms with Gasteiger partial charge in [0, 0.05) is 18.7 Å². The maximum Gasteiger partial charge on any atom is 0.221 e. The number of rotatable bonds is 4. The minimum absolute atomic E-state index is 0.0571. The Hall–Kier alpha value is -2.24. The number of nitrogens with one attached hydrogen (secondary N) is 1. The van der Waals surface area contributed by atoms with Crippen LogP contribution in [-0.2, 0) is 4.79 Å². The molecule has 0 radical (unpaired) electrons. The molecule has 0 fully saturated rings. The van der Waals surface area contributed by atoms with Crippen LogP contribution in [0.4, 0.5) is 11.4 Å². The number of methoxy groups -OCH3 is 1. The van der Waals surface area contributed by atoms with Crippen molar-refractivity contribution in [1.29, 1.82) is 0 Å². The summed E-state index contributed by atoms with van der Waals surface area (Å²) in [7, 11) is 1.53. The first-order chi connectivity index (χ1) is 10.9. The molecule has 0 bridgehead atoms. The molecule has 2 N–H and O–H groups in total. The summed E-state index contributed by atoms with van der Waals surface area (Å²) in [6.07, 6.45) is 1.45. The SMILES string of the molecule is COc1ccc(O)c(C=Nc2cc(NC(C)=O)c(Cl)cc2Cl)c1. The molecule has 0 aliphatic heterocycles. The van der Waals surface area contributed by atoms with Crippen LogP contribution in [0.5, 0.6) is 11.5 Å². The van der Waals surface area contributed by atoms with E-state index in [4.69, 9.17) is 27.9 Å². The lowest BCUT2D eigenvalue weighted by Crippen LogP contribution is -2.06. The van der Waals surface area contributed by atoms with Gasteiger partial charge in [0.1, 0.15) is 11.5 Å². The molecule has 2 aromatic carbocycles. The third-order valence-corrected chi connectivity index (χ3v) is 3.54. The molecule has 0 atom stereocenters. The molecule has 23 heavy (non-hydrogen) atoms. The van der Waals surface area contributed by atoms with Gasteiger partial charge in [0.25, 0.3) is 0 Å². The van der Waals surface area contributed by atoms with Crippen molar-refractivity contribution in [3.63, 3.8) is 0 Å². The van der Waals surface area contributed by atoms with Crippen LogP contribution in [-0.4, -0.2) is 24.3 Å². The highest BCUT2D eigenvalue weighted by Gasteiger charge is 2.08. The number of hydrogen-bond donors (Lipinski definition) is 2. The van der Waals surface area contributed by atoms with Crippen molar-refractivity contribution in [2.75, 3.05) is 12.4 Å². The maximum atomic E-state index is 11.2. The van der Waals surface area contributed by atoms with Gasteiger partial charge in [-0.25, -0.2) is 0 Å². The van der Waals surface area contributed by atoms with E-state index in [1.807, 2.05) is 0 Å². The number of halogens is 2. The number of hydrogen-bond acceptors (Lipinski definition) is 4. The maximum absolute atomic E-state index is 11.2. The fraction of sp³-hybridized carbons (Fsp3) is 0.125. The van der Waals surface area contributed by atoms with Crippen molar-refractivity contribution in [3.05, 3.63) is 45.9 Å². The van der Waals surface area contributed by atoms with E-state index in [0.29, 0.717) is 32.7 Å². The summed E-state index contributed by atoms with van der Waals surface area (Å²) in [5.74, 6) is 0.390. The number of aliphatic imine (C=N–C) groups is 1. The number of anilines is 1. The van der Waals surface area contributed by atoms with Gasteiger partial charge in [0.15, 0.2) is 0 Å². The molecule has 0 saturated heterocycles. The summed E-state index contributed by atoms with van der Waals surface area (Å²) in [6.45, 7) is 1.38. The van der Waals surface area contributed by atoms with Crippen molar-refractivity contribution in [1.82, 2.24) is 0 Å². The fourth-order valence-corrected chi connectivity index (χ4v) is 2.30. The number of carbonyl (C=O) groups is 1. The normalized spacial score (nSPS) is 10.8. The van der Waals surface area contributed by atoms with Crippen LogP contribution in [0.25, 0.3) is 0 Å². The number of aromatic hydroxyl groups is 1. The van der Waals surface area contributed by atoms with Gasteiger partial charge in [0.2, 0.25) is 5.91 Å². The zero-order valence-electron chi connectivity index (χ0n) is 12.4. The van der Waals surface area contributed by atoms with E-state index in [-0.39, 0.29) is 11.7 Å². The smallest absolute Gasteiger partial charge is 0.221 e. The predicted octanol–water partition coefficient (Wildman–Crippen LogP) is 4.42. The number of ether oxygens (including phenoxy) is 1. The lowest BCUT2D eigenvalue weighted by Gasteiger charge is -2.08. The number of amides is 1. The van der Waals surface area contributed by atoms with Crippen LogP contribution in [0.3, 0.4) is 0 Å². The van der Waals surface area contributed by atoms with E-state index in [1.54, 1.807) is 18.2 Å². The van der Waals surface area contributed by atoms with Gasteiger partial charge in [-0.1, -0.05) is 23.2 Å². The van der Waals surface area contributed by atoms with Gasteiger partial charge in [0.05, 0.1) is 28.5 Å². The average Bonchev–Trinajstić information content (AvgIpc) is 2.50. The molecule has 5 nitrogen and oxygen atoms in total. The standard InChI is InChI=1S/C16H14Cl2N2O3/c1-9(21)20-15-7-14(12(17)6-13(15)18)19-8-10-5-11(23-2)3-4-16(10)22/h3-8,22H,1-2H3,(H,20,21). The third kappa shape index (κ3) is 4.37. The van der Waals surface area contributed by atoms with Crippen molar-refractivity contribution < 1.29 is 14.6 Å². The van der Waals surface area contributed by atoms with Crippen LogP contribution in [0.1, 0.15) is 12.5 Å². The Morgan fingerprint density at radius 1 is 1.26 bits per heavy atom. The molecule has 0 aliphatic carbocycles. The molecule has 0 saturated carbocycles. The molecule has 0 heterocycles. The average molecular weight is 353 g/mol. The second-order valence-corrected chi connectivity index (χ2v) is 5.46. The fourth-order valence-electron chi connectivity index (χ4n) is 1.82. The zero-order chi connectivity index (χ0) is 17.0. The molecule has 7 heteroatoms. The largest absolute Gasteiger partial charge is 0.507 e. The lowest BCUT2D eigenvalue weighted by atomic mass is 10.2. The Balaban J connectivity index is 2.37. The third-order valence-electron chi connectivity index (χ3n) is 2.92. The van der Waals surface area contributed by atoms with Crippen molar-refractivity contribution >= 4 is 46.7 Å². The molecule has 1 amide bonds. The highest BCUT2D eigenvalue weighted by atomic mass is 35.5. The number of carbonyl (C=O) groups excluding carboxylic acids is 1. The molecule has 2 rings (SSSR count). The van der Waals surface area contributed by atoms with Crippen molar-refractivity contribution in [2.24, 2.45) is 4.99 Å². The van der Waals surface area contributed by atoms with Crippen LogP contribution in [0.2, 0.25) is 10.0 Å². The monoisotopic (exact) mass is 352 g/mol. The first-order valence-electron chi connectivity index (χ1n) is 6.58. The topological polar surface area (TPSA) is 70.9 Å². The van der Waals surface area contributed by atoms with E-state index >= 15 is 0 Å². The number of phenols is 1. The van der Waals surface area contributed by atoms with Gasteiger partial charge < -0.3 is 15.2 Å². The van der Waals surface area contributed by atoms with Gasteiger partial charge in [-0.15, -0.1) is 0 Å². The summed E-state index contributed by atoms with van der Waals surface area (Å²) in [4.78, 5) is 15.4. The lowest BCUT2D eigenvalue weighted by molar-refractivity contribution is -0.114. The summed E-state index contributed by atoms with van der Waals surface area (Å²) in [6, 6.07) is 7.83. The van der Waals surface area contributed by atoms with Crippen LogP contribution < -0.4 is 10.1 Å². The van der Waals surface area contributed by atoms with E-state index in [1.165, 1.54) is 32.4 Å². The second-order valence-electron chi connectivity index (χ2n) is 4.65. The minimum atomic E-state index is -0.255. The van der Waals surface area contributed by atoms with Gasteiger partial charge in [-0.2, -0.15) is 0 Å². The molecule has 120 valence electrons. The molecular formula is C16H14Cl2N2O3. The summed E-state index contributed by atoms with van der Waals surface area (Å²) >= 11 is 12.1. The van der Waals surface area contributed by atoms with E-state index < -0.39 is 0 Å². The predicted molar refractivity (Wildman–Crippen MR) is 92.7 cm³/mol. The second kappa shape index (κ2) is 7.35. The Labute approximate surface area is 143 Å². The summed E-state index contributed by atoms with van der Waals surface area (Å²) in [5, 5.41) is 13.1. The molecule has 0 aromatic heterocycles. The van der Waals surface area contributed by atoms with E-state index in [9.17, 15) is 9.90 Å². The molecule has 0 spiro atoms. The van der Waals surface area contributed by atoms with E-state index in [0.717, 1.165) is 0 Å². The van der Waals surface area contributed by atoms with Crippen LogP contribution in [0, 0.1) is 0 Å². The molecular weight excluding hydrogens is 339 g/mol. The Bertz CT molecular complexity index is 776. The highest BCUT2D eigenvalue weighted by molar-refractivity contribution is 6.38. The molecule has 0 unspecified atom stereocenters. The first kappa shape index (κ1) is 17.1. The van der Waals surface area contributed by atoms with Gasteiger partial charge in [-0.3, -0.25) is 9.79 Å². The number of benzene rings is 2. The Morgan fingerprint density at radius 3 is 2.65 bits per heavy atom. The Morgan fingerprint density at radius 2 is 2.00 bits per heavy atom.